The van der Waals surface area contributed by atoms with Crippen LogP contribution in [0, 0.1) is 5.82 Å². The van der Waals surface area contributed by atoms with E-state index in [4.69, 9.17) is 9.15 Å². The molecule has 0 spiro atoms. The van der Waals surface area contributed by atoms with Crippen LogP contribution >= 0.6 is 0 Å². The van der Waals surface area contributed by atoms with E-state index in [1.54, 1.807) is 12.1 Å². The Morgan fingerprint density at radius 1 is 0.920 bits per heavy atom. The van der Waals surface area contributed by atoms with Crippen molar-refractivity contribution in [1.82, 2.24) is 10.2 Å². The van der Waals surface area contributed by atoms with Crippen molar-refractivity contribution in [2.24, 2.45) is 0 Å². The molecule has 0 bridgehead atoms. The second-order valence-electron chi connectivity index (χ2n) is 5.72. The summed E-state index contributed by atoms with van der Waals surface area (Å²) in [7, 11) is 0. The summed E-state index contributed by atoms with van der Waals surface area (Å²) in [5, 5.41) is 10.3. The van der Waals surface area contributed by atoms with Crippen molar-refractivity contribution in [3.63, 3.8) is 0 Å². The van der Waals surface area contributed by atoms with E-state index in [9.17, 15) is 4.39 Å². The van der Waals surface area contributed by atoms with Gasteiger partial charge in [0.05, 0.1) is 0 Å². The molecule has 1 aromatic heterocycles. The zero-order chi connectivity index (χ0) is 17.2. The molecule has 5 heteroatoms. The zero-order valence-corrected chi connectivity index (χ0v) is 13.5. The molecule has 25 heavy (non-hydrogen) atoms. The van der Waals surface area contributed by atoms with Crippen LogP contribution in [-0.4, -0.2) is 10.2 Å². The maximum absolute atomic E-state index is 13.0. The highest BCUT2D eigenvalue weighted by Gasteiger charge is 2.16. The third-order valence-electron chi connectivity index (χ3n) is 3.91. The molecular weight excluding hydrogens is 319 g/mol. The standard InChI is InChI=1S/C20H15FN2O2/c1-13(24-18-11-8-14-4-2-3-5-16(14)12-18)19-22-23-20(25-19)15-6-9-17(21)10-7-15/h2-13H,1H3. The number of halogens is 1. The van der Waals surface area contributed by atoms with Crippen molar-refractivity contribution >= 4 is 10.8 Å². The van der Waals surface area contributed by atoms with Gasteiger partial charge in [-0.1, -0.05) is 30.3 Å². The van der Waals surface area contributed by atoms with E-state index < -0.39 is 6.10 Å². The first-order valence-electron chi connectivity index (χ1n) is 7.94. The van der Waals surface area contributed by atoms with Crippen molar-refractivity contribution in [3.8, 4) is 17.2 Å². The molecule has 0 aliphatic carbocycles. The number of nitrogens with zero attached hydrogens (tertiary/aromatic N) is 2. The fourth-order valence-electron chi connectivity index (χ4n) is 2.60. The number of ether oxygens (including phenoxy) is 1. The quantitative estimate of drug-likeness (QED) is 0.516. The Labute approximate surface area is 143 Å². The summed E-state index contributed by atoms with van der Waals surface area (Å²) in [6.45, 7) is 1.84. The third-order valence-corrected chi connectivity index (χ3v) is 3.91. The normalized spacial score (nSPS) is 12.2. The fraction of sp³-hybridized carbons (Fsp3) is 0.100. The van der Waals surface area contributed by atoms with E-state index in [0.29, 0.717) is 17.3 Å². The molecular formula is C20H15FN2O2. The van der Waals surface area contributed by atoms with E-state index in [2.05, 4.69) is 16.3 Å². The zero-order valence-electron chi connectivity index (χ0n) is 13.5. The lowest BCUT2D eigenvalue weighted by Crippen LogP contribution is -2.03. The van der Waals surface area contributed by atoms with Gasteiger partial charge in [-0.15, -0.1) is 10.2 Å². The molecule has 0 N–H and O–H groups in total. The van der Waals surface area contributed by atoms with Gasteiger partial charge in [0.1, 0.15) is 11.6 Å². The van der Waals surface area contributed by atoms with Crippen molar-refractivity contribution in [2.75, 3.05) is 0 Å². The van der Waals surface area contributed by atoms with Gasteiger partial charge < -0.3 is 9.15 Å². The van der Waals surface area contributed by atoms with E-state index in [-0.39, 0.29) is 5.82 Å². The highest BCUT2D eigenvalue weighted by atomic mass is 19.1. The van der Waals surface area contributed by atoms with Gasteiger partial charge in [0, 0.05) is 5.56 Å². The number of aromatic nitrogens is 2. The number of hydrogen-bond donors (Lipinski definition) is 0. The van der Waals surface area contributed by atoms with Crippen LogP contribution in [0.15, 0.2) is 71.1 Å². The molecule has 1 atom stereocenters. The minimum Gasteiger partial charge on any atom is -0.481 e. The molecule has 0 fully saturated rings. The molecule has 1 unspecified atom stereocenters. The number of rotatable bonds is 4. The van der Waals surface area contributed by atoms with Gasteiger partial charge in [0.25, 0.3) is 5.89 Å². The van der Waals surface area contributed by atoms with Gasteiger partial charge in [-0.25, -0.2) is 4.39 Å². The Balaban J connectivity index is 1.54. The molecule has 0 saturated carbocycles. The van der Waals surface area contributed by atoms with Crippen LogP contribution in [0.1, 0.15) is 18.9 Å². The van der Waals surface area contributed by atoms with Crippen molar-refractivity contribution < 1.29 is 13.5 Å². The number of benzene rings is 3. The first kappa shape index (κ1) is 15.3. The molecule has 0 aliphatic heterocycles. The Kier molecular flexibility index (Phi) is 3.90. The molecule has 4 nitrogen and oxygen atoms in total. The second-order valence-corrected chi connectivity index (χ2v) is 5.72. The van der Waals surface area contributed by atoms with Crippen molar-refractivity contribution in [1.29, 1.82) is 0 Å². The average molecular weight is 334 g/mol. The van der Waals surface area contributed by atoms with Crippen LogP contribution < -0.4 is 4.74 Å². The lowest BCUT2D eigenvalue weighted by atomic mass is 10.1. The molecule has 0 amide bonds. The monoisotopic (exact) mass is 334 g/mol. The predicted octanol–water partition coefficient (Wildman–Crippen LogP) is 5.17. The molecule has 3 aromatic carbocycles. The smallest absolute Gasteiger partial charge is 0.257 e. The summed E-state index contributed by atoms with van der Waals surface area (Å²) < 4.78 is 24.6. The van der Waals surface area contributed by atoms with E-state index >= 15 is 0 Å². The van der Waals surface area contributed by atoms with Gasteiger partial charge in [0.15, 0.2) is 6.10 Å². The Bertz CT molecular complexity index is 1010. The molecule has 1 heterocycles. The third kappa shape index (κ3) is 3.21. The largest absolute Gasteiger partial charge is 0.481 e. The average Bonchev–Trinajstić information content (AvgIpc) is 3.12. The first-order valence-corrected chi connectivity index (χ1v) is 7.94. The summed E-state index contributed by atoms with van der Waals surface area (Å²) in [5.41, 5.74) is 0.665. The molecule has 124 valence electrons. The summed E-state index contributed by atoms with van der Waals surface area (Å²) >= 11 is 0. The van der Waals surface area contributed by atoms with Crippen LogP contribution in [0.25, 0.3) is 22.2 Å². The van der Waals surface area contributed by atoms with Crippen LogP contribution in [-0.2, 0) is 0 Å². The summed E-state index contributed by atoms with van der Waals surface area (Å²) in [5.74, 6) is 1.13. The maximum atomic E-state index is 13.0. The lowest BCUT2D eigenvalue weighted by Gasteiger charge is -2.11. The summed E-state index contributed by atoms with van der Waals surface area (Å²) in [6, 6.07) is 19.9. The van der Waals surface area contributed by atoms with Crippen LogP contribution in [0.2, 0.25) is 0 Å². The predicted molar refractivity (Wildman–Crippen MR) is 92.7 cm³/mol. The molecule has 4 rings (SSSR count). The molecule has 0 saturated heterocycles. The first-order chi connectivity index (χ1) is 12.2. The van der Waals surface area contributed by atoms with Crippen LogP contribution in [0.3, 0.4) is 0 Å². The van der Waals surface area contributed by atoms with Gasteiger partial charge in [0.2, 0.25) is 5.89 Å². The number of fused-ring (bicyclic) bond motifs is 1. The molecule has 0 aliphatic rings. The second kappa shape index (κ2) is 6.36. The molecule has 0 radical (unpaired) electrons. The lowest BCUT2D eigenvalue weighted by molar-refractivity contribution is 0.190. The van der Waals surface area contributed by atoms with E-state index in [0.717, 1.165) is 16.5 Å². The van der Waals surface area contributed by atoms with Crippen LogP contribution in [0.4, 0.5) is 4.39 Å². The van der Waals surface area contributed by atoms with Gasteiger partial charge in [-0.2, -0.15) is 0 Å². The minimum atomic E-state index is -0.400. The minimum absolute atomic E-state index is 0.309. The Hall–Kier alpha value is -3.21. The summed E-state index contributed by atoms with van der Waals surface area (Å²) in [4.78, 5) is 0. The Morgan fingerprint density at radius 3 is 2.48 bits per heavy atom. The summed E-state index contributed by atoms with van der Waals surface area (Å²) in [6.07, 6.45) is -0.400. The number of hydrogen-bond acceptors (Lipinski definition) is 4. The SMILES string of the molecule is CC(Oc1ccc2ccccc2c1)c1nnc(-c2ccc(F)cc2)o1. The van der Waals surface area contributed by atoms with E-state index in [1.807, 2.05) is 43.3 Å². The Morgan fingerprint density at radius 2 is 1.68 bits per heavy atom. The van der Waals surface area contributed by atoms with Crippen molar-refractivity contribution in [3.05, 3.63) is 78.4 Å². The van der Waals surface area contributed by atoms with E-state index in [1.165, 1.54) is 12.1 Å². The maximum Gasteiger partial charge on any atom is 0.257 e. The topological polar surface area (TPSA) is 48.2 Å². The van der Waals surface area contributed by atoms with Gasteiger partial charge in [-0.05, 0) is 54.1 Å². The van der Waals surface area contributed by atoms with Crippen LogP contribution in [0.5, 0.6) is 5.75 Å². The fourth-order valence-corrected chi connectivity index (χ4v) is 2.60. The van der Waals surface area contributed by atoms with Crippen molar-refractivity contribution in [2.45, 2.75) is 13.0 Å². The highest BCUT2D eigenvalue weighted by molar-refractivity contribution is 5.83. The van der Waals surface area contributed by atoms with Gasteiger partial charge in [-0.3, -0.25) is 0 Å². The highest BCUT2D eigenvalue weighted by Crippen LogP contribution is 2.27. The molecule has 4 aromatic rings. The van der Waals surface area contributed by atoms with Gasteiger partial charge >= 0.3 is 0 Å².